The third kappa shape index (κ3) is 9.66. The van der Waals surface area contributed by atoms with E-state index in [0.717, 1.165) is 49.5 Å². The number of aryl methyl sites for hydroxylation is 1. The predicted molar refractivity (Wildman–Crippen MR) is 127 cm³/mol. The number of guanidine groups is 1. The first kappa shape index (κ1) is 25.5. The smallest absolute Gasteiger partial charge is 0.239 e. The van der Waals surface area contributed by atoms with Gasteiger partial charge in [0.15, 0.2) is 5.96 Å². The molecule has 1 aliphatic heterocycles. The second-order valence-electron chi connectivity index (χ2n) is 7.05. The van der Waals surface area contributed by atoms with Gasteiger partial charge in [-0.05, 0) is 38.3 Å². The summed E-state index contributed by atoms with van der Waals surface area (Å²) in [5, 5.41) is 9.10. The van der Waals surface area contributed by atoms with Crippen LogP contribution in [0, 0.1) is 12.8 Å². The van der Waals surface area contributed by atoms with Crippen molar-refractivity contribution >= 4 is 35.8 Å². The van der Waals surface area contributed by atoms with Gasteiger partial charge in [-0.3, -0.25) is 4.79 Å². The molecule has 1 fully saturated rings. The van der Waals surface area contributed by atoms with Gasteiger partial charge in [0.2, 0.25) is 5.91 Å². The number of hydrogen-bond donors (Lipinski definition) is 3. The predicted octanol–water partition coefficient (Wildman–Crippen LogP) is 2.61. The second kappa shape index (κ2) is 14.4. The molecule has 2 rings (SSSR count). The largest absolute Gasteiger partial charge is 0.493 e. The molecule has 3 N–H and O–H groups in total. The minimum atomic E-state index is -0.0365. The molecule has 0 aromatic heterocycles. The van der Waals surface area contributed by atoms with Gasteiger partial charge in [0.25, 0.3) is 0 Å². The first-order chi connectivity index (χ1) is 13.6. The summed E-state index contributed by atoms with van der Waals surface area (Å²) in [5.41, 5.74) is 2.18. The Morgan fingerprint density at radius 2 is 2.10 bits per heavy atom. The number of amides is 1. The number of carbonyl (C=O) groups excluding carboxylic acids is 1. The first-order valence-electron chi connectivity index (χ1n) is 10.2. The molecule has 1 aliphatic rings. The van der Waals surface area contributed by atoms with Gasteiger partial charge in [0.05, 0.1) is 26.3 Å². The van der Waals surface area contributed by atoms with Crippen LogP contribution in [-0.4, -0.2) is 51.3 Å². The molecule has 0 saturated carbocycles. The molecule has 1 atom stereocenters. The van der Waals surface area contributed by atoms with Crippen molar-refractivity contribution < 1.29 is 14.3 Å². The molecule has 0 spiro atoms. The Kier molecular flexibility index (Phi) is 12.7. The maximum absolute atomic E-state index is 11.8. The number of benzene rings is 1. The number of nitrogens with one attached hydrogen (secondary N) is 3. The highest BCUT2D eigenvalue weighted by Crippen LogP contribution is 2.23. The molecule has 1 saturated heterocycles. The fourth-order valence-electron chi connectivity index (χ4n) is 2.85. The van der Waals surface area contributed by atoms with Crippen LogP contribution in [0.2, 0.25) is 0 Å². The highest BCUT2D eigenvalue weighted by molar-refractivity contribution is 14.0. The third-order valence-electron chi connectivity index (χ3n) is 4.46. The quantitative estimate of drug-likeness (QED) is 0.252. The molecule has 8 heteroatoms. The highest BCUT2D eigenvalue weighted by Gasteiger charge is 2.17. The third-order valence-corrected chi connectivity index (χ3v) is 4.46. The average molecular weight is 518 g/mol. The van der Waals surface area contributed by atoms with E-state index in [0.29, 0.717) is 31.6 Å². The van der Waals surface area contributed by atoms with Crippen LogP contribution < -0.4 is 20.7 Å². The van der Waals surface area contributed by atoms with Crippen molar-refractivity contribution in [1.82, 2.24) is 16.0 Å². The van der Waals surface area contributed by atoms with Crippen molar-refractivity contribution in [2.45, 2.75) is 40.2 Å². The van der Waals surface area contributed by atoms with Crippen molar-refractivity contribution in [2.24, 2.45) is 10.9 Å². The summed E-state index contributed by atoms with van der Waals surface area (Å²) in [6.07, 6.45) is 1.97. The highest BCUT2D eigenvalue weighted by atomic mass is 127. The SMILES string of the molecule is CCCNC(=O)CNC(=NCc1ccc(C)cc1OCC1CCOC1)NCC.I. The van der Waals surface area contributed by atoms with Gasteiger partial charge in [-0.1, -0.05) is 19.1 Å². The molecule has 1 aromatic carbocycles. The monoisotopic (exact) mass is 518 g/mol. The summed E-state index contributed by atoms with van der Waals surface area (Å²) in [6, 6.07) is 6.17. The number of halogens is 1. The summed E-state index contributed by atoms with van der Waals surface area (Å²) in [5.74, 6) is 1.90. The Morgan fingerprint density at radius 3 is 2.79 bits per heavy atom. The van der Waals surface area contributed by atoms with E-state index in [1.54, 1.807) is 0 Å². The molecule has 164 valence electrons. The van der Waals surface area contributed by atoms with Crippen molar-refractivity contribution in [3.8, 4) is 5.75 Å². The Balaban J connectivity index is 0.00000420. The number of hydrogen-bond acceptors (Lipinski definition) is 4. The van der Waals surface area contributed by atoms with Crippen molar-refractivity contribution in [1.29, 1.82) is 0 Å². The van der Waals surface area contributed by atoms with Gasteiger partial charge in [-0.2, -0.15) is 0 Å². The van der Waals surface area contributed by atoms with Crippen molar-refractivity contribution in [3.05, 3.63) is 29.3 Å². The summed E-state index contributed by atoms with van der Waals surface area (Å²) in [7, 11) is 0. The maximum Gasteiger partial charge on any atom is 0.239 e. The van der Waals surface area contributed by atoms with Crippen molar-refractivity contribution in [3.63, 3.8) is 0 Å². The molecule has 1 aromatic rings. The van der Waals surface area contributed by atoms with Gasteiger partial charge in [-0.15, -0.1) is 24.0 Å². The lowest BCUT2D eigenvalue weighted by atomic mass is 10.1. The van der Waals surface area contributed by atoms with E-state index >= 15 is 0 Å². The van der Waals surface area contributed by atoms with E-state index in [9.17, 15) is 4.79 Å². The summed E-state index contributed by atoms with van der Waals surface area (Å²) in [6.45, 7) is 10.4. The van der Waals surface area contributed by atoms with Crippen LogP contribution in [0.1, 0.15) is 37.8 Å². The van der Waals surface area contributed by atoms with E-state index in [1.807, 2.05) is 13.8 Å². The van der Waals surface area contributed by atoms with Crippen LogP contribution in [-0.2, 0) is 16.1 Å². The number of aliphatic imine (C=N–C) groups is 1. The zero-order valence-electron chi connectivity index (χ0n) is 17.8. The Bertz CT molecular complexity index is 649. The van der Waals surface area contributed by atoms with Crippen LogP contribution >= 0.6 is 24.0 Å². The van der Waals surface area contributed by atoms with Crippen LogP contribution in [0.3, 0.4) is 0 Å². The molecule has 7 nitrogen and oxygen atoms in total. The molecule has 0 bridgehead atoms. The van der Waals surface area contributed by atoms with Gasteiger partial charge < -0.3 is 25.4 Å². The lowest BCUT2D eigenvalue weighted by molar-refractivity contribution is -0.120. The Morgan fingerprint density at radius 1 is 1.28 bits per heavy atom. The van der Waals surface area contributed by atoms with Crippen LogP contribution in [0.25, 0.3) is 0 Å². The molecule has 1 heterocycles. The fraction of sp³-hybridized carbons (Fsp3) is 0.619. The molecule has 0 aliphatic carbocycles. The molecule has 1 unspecified atom stereocenters. The normalized spacial score (nSPS) is 16.1. The molecule has 29 heavy (non-hydrogen) atoms. The number of rotatable bonds is 10. The van der Waals surface area contributed by atoms with Gasteiger partial charge in [0, 0.05) is 31.2 Å². The lowest BCUT2D eigenvalue weighted by Crippen LogP contribution is -2.43. The van der Waals surface area contributed by atoms with Gasteiger partial charge in [0.1, 0.15) is 5.75 Å². The van der Waals surface area contributed by atoms with E-state index in [-0.39, 0.29) is 36.4 Å². The summed E-state index contributed by atoms with van der Waals surface area (Å²) >= 11 is 0. The first-order valence-corrected chi connectivity index (χ1v) is 10.2. The van der Waals surface area contributed by atoms with Crippen LogP contribution in [0.4, 0.5) is 0 Å². The Labute approximate surface area is 191 Å². The van der Waals surface area contributed by atoms with E-state index in [4.69, 9.17) is 9.47 Å². The average Bonchev–Trinajstić information content (AvgIpc) is 3.21. The van der Waals surface area contributed by atoms with Gasteiger partial charge >= 0.3 is 0 Å². The van der Waals surface area contributed by atoms with E-state index in [2.05, 4.69) is 46.1 Å². The van der Waals surface area contributed by atoms with E-state index in [1.165, 1.54) is 0 Å². The molecular weight excluding hydrogens is 483 g/mol. The Hall–Kier alpha value is -1.55. The molecule has 0 radical (unpaired) electrons. The maximum atomic E-state index is 11.8. The fourth-order valence-corrected chi connectivity index (χ4v) is 2.85. The minimum absolute atomic E-state index is 0. The topological polar surface area (TPSA) is 84.0 Å². The second-order valence-corrected chi connectivity index (χ2v) is 7.05. The summed E-state index contributed by atoms with van der Waals surface area (Å²) < 4.78 is 11.5. The molecule has 1 amide bonds. The lowest BCUT2D eigenvalue weighted by Gasteiger charge is -2.15. The van der Waals surface area contributed by atoms with Gasteiger partial charge in [-0.25, -0.2) is 4.99 Å². The summed E-state index contributed by atoms with van der Waals surface area (Å²) in [4.78, 5) is 16.4. The van der Waals surface area contributed by atoms with Crippen LogP contribution in [0.15, 0.2) is 23.2 Å². The number of carbonyl (C=O) groups is 1. The zero-order valence-corrected chi connectivity index (χ0v) is 20.1. The number of nitrogens with zero attached hydrogens (tertiary/aromatic N) is 1. The van der Waals surface area contributed by atoms with Crippen molar-refractivity contribution in [2.75, 3.05) is 39.5 Å². The number of ether oxygens (including phenoxy) is 2. The molecular formula is C21H35IN4O3. The van der Waals surface area contributed by atoms with E-state index < -0.39 is 0 Å². The minimum Gasteiger partial charge on any atom is -0.493 e. The zero-order chi connectivity index (χ0) is 20.2. The van der Waals surface area contributed by atoms with Crippen LogP contribution in [0.5, 0.6) is 5.75 Å². The standard InChI is InChI=1S/C21H34N4O3.HI/c1-4-9-23-20(26)13-25-21(22-5-2)24-12-18-7-6-16(3)11-19(18)28-15-17-8-10-27-14-17;/h6-7,11,17H,4-5,8-10,12-15H2,1-3H3,(H,23,26)(H2,22,24,25);1H.